The van der Waals surface area contributed by atoms with Gasteiger partial charge in [0.2, 0.25) is 0 Å². The second-order valence-corrected chi connectivity index (χ2v) is 4.11. The first-order valence-electron chi connectivity index (χ1n) is 5.35. The Hall–Kier alpha value is -2.09. The van der Waals surface area contributed by atoms with Gasteiger partial charge in [0.1, 0.15) is 6.07 Å². The zero-order valence-corrected chi connectivity index (χ0v) is 9.90. The van der Waals surface area contributed by atoms with Crippen LogP contribution in [-0.2, 0) is 4.79 Å². The lowest BCUT2D eigenvalue weighted by Gasteiger charge is -2.23. The van der Waals surface area contributed by atoms with E-state index in [1.165, 1.54) is 12.4 Å². The average molecular weight is 233 g/mol. The van der Waals surface area contributed by atoms with E-state index >= 15 is 0 Å². The summed E-state index contributed by atoms with van der Waals surface area (Å²) >= 11 is 0. The number of nitrogens with one attached hydrogen (secondary N) is 1. The summed E-state index contributed by atoms with van der Waals surface area (Å²) in [4.78, 5) is 15.0. The maximum Gasteiger partial charge on any atom is 0.311 e. The molecule has 0 aliphatic rings. The predicted molar refractivity (Wildman–Crippen MR) is 63.5 cm³/mol. The van der Waals surface area contributed by atoms with Gasteiger partial charge in [0, 0.05) is 12.7 Å². The van der Waals surface area contributed by atoms with Crippen molar-refractivity contribution in [3.8, 4) is 6.07 Å². The van der Waals surface area contributed by atoms with Crippen molar-refractivity contribution in [1.82, 2.24) is 4.98 Å². The van der Waals surface area contributed by atoms with Crippen LogP contribution in [0.1, 0.15) is 25.8 Å². The Balaban J connectivity index is 2.80. The molecule has 1 aromatic heterocycles. The molecule has 5 nitrogen and oxygen atoms in total. The van der Waals surface area contributed by atoms with E-state index in [0.29, 0.717) is 17.7 Å². The van der Waals surface area contributed by atoms with Gasteiger partial charge in [-0.2, -0.15) is 5.26 Å². The summed E-state index contributed by atoms with van der Waals surface area (Å²) in [7, 11) is 0. The minimum Gasteiger partial charge on any atom is -0.481 e. The number of rotatable bonds is 5. The second-order valence-electron chi connectivity index (χ2n) is 4.11. The Morgan fingerprint density at radius 3 is 2.94 bits per heavy atom. The fourth-order valence-corrected chi connectivity index (χ4v) is 1.27. The highest BCUT2D eigenvalue weighted by Gasteiger charge is 2.30. The number of carboxylic acids is 1. The first kappa shape index (κ1) is 13.0. The summed E-state index contributed by atoms with van der Waals surface area (Å²) < 4.78 is 0. The Kier molecular flexibility index (Phi) is 4.05. The molecule has 0 saturated carbocycles. The summed E-state index contributed by atoms with van der Waals surface area (Å²) in [6.07, 6.45) is 3.56. The lowest BCUT2D eigenvalue weighted by Crippen LogP contribution is -2.34. The van der Waals surface area contributed by atoms with Gasteiger partial charge in [-0.1, -0.05) is 6.92 Å². The Labute approximate surface area is 100 Å². The van der Waals surface area contributed by atoms with Crippen molar-refractivity contribution in [2.24, 2.45) is 5.41 Å². The van der Waals surface area contributed by atoms with E-state index in [2.05, 4.69) is 10.3 Å². The topological polar surface area (TPSA) is 86.0 Å². The van der Waals surface area contributed by atoms with E-state index in [1.54, 1.807) is 13.0 Å². The largest absolute Gasteiger partial charge is 0.481 e. The molecular formula is C12H15N3O2. The number of aliphatic carboxylic acids is 1. The molecule has 0 bridgehead atoms. The molecule has 5 heteroatoms. The first-order chi connectivity index (χ1) is 8.03. The van der Waals surface area contributed by atoms with E-state index in [-0.39, 0.29) is 6.54 Å². The van der Waals surface area contributed by atoms with Gasteiger partial charge in [0.15, 0.2) is 0 Å². The molecule has 90 valence electrons. The third-order valence-corrected chi connectivity index (χ3v) is 2.91. The summed E-state index contributed by atoms with van der Waals surface area (Å²) in [6.45, 7) is 3.76. The van der Waals surface area contributed by atoms with Crippen LogP contribution in [0.15, 0.2) is 18.5 Å². The average Bonchev–Trinajstić information content (AvgIpc) is 2.36. The monoisotopic (exact) mass is 233 g/mol. The van der Waals surface area contributed by atoms with Gasteiger partial charge in [-0.15, -0.1) is 0 Å². The number of carboxylic acid groups (broad SMARTS) is 1. The molecule has 1 heterocycles. The summed E-state index contributed by atoms with van der Waals surface area (Å²) in [5.74, 6) is -0.852. The molecule has 1 atom stereocenters. The van der Waals surface area contributed by atoms with Crippen molar-refractivity contribution in [2.45, 2.75) is 20.3 Å². The quantitative estimate of drug-likeness (QED) is 0.810. The summed E-state index contributed by atoms with van der Waals surface area (Å²) in [5.41, 5.74) is 0.183. The zero-order valence-electron chi connectivity index (χ0n) is 9.90. The third kappa shape index (κ3) is 2.94. The minimum absolute atomic E-state index is 0.263. The molecule has 0 saturated heterocycles. The van der Waals surface area contributed by atoms with E-state index in [4.69, 9.17) is 10.4 Å². The number of carbonyl (C=O) groups is 1. The number of aromatic nitrogens is 1. The molecule has 1 unspecified atom stereocenters. The maximum atomic E-state index is 11.1. The van der Waals surface area contributed by atoms with Crippen LogP contribution in [0.2, 0.25) is 0 Å². The molecule has 1 aromatic rings. The van der Waals surface area contributed by atoms with Crippen LogP contribution in [-0.4, -0.2) is 22.6 Å². The Bertz CT molecular complexity index is 453. The van der Waals surface area contributed by atoms with Crippen LogP contribution in [0.25, 0.3) is 0 Å². The van der Waals surface area contributed by atoms with Crippen molar-refractivity contribution >= 4 is 11.7 Å². The smallest absolute Gasteiger partial charge is 0.311 e. The highest BCUT2D eigenvalue weighted by molar-refractivity contribution is 5.75. The third-order valence-electron chi connectivity index (χ3n) is 2.91. The van der Waals surface area contributed by atoms with Crippen molar-refractivity contribution in [1.29, 1.82) is 5.26 Å². The van der Waals surface area contributed by atoms with Crippen LogP contribution in [0.4, 0.5) is 5.69 Å². The van der Waals surface area contributed by atoms with Crippen molar-refractivity contribution < 1.29 is 9.90 Å². The molecule has 0 radical (unpaired) electrons. The van der Waals surface area contributed by atoms with E-state index in [0.717, 1.165) is 0 Å². The van der Waals surface area contributed by atoms with Gasteiger partial charge in [0.05, 0.1) is 22.9 Å². The first-order valence-corrected chi connectivity index (χ1v) is 5.35. The van der Waals surface area contributed by atoms with Crippen LogP contribution in [0.5, 0.6) is 0 Å². The molecule has 1 rings (SSSR count). The van der Waals surface area contributed by atoms with Crippen LogP contribution < -0.4 is 5.32 Å². The number of hydrogen-bond donors (Lipinski definition) is 2. The molecule has 0 aliphatic heterocycles. The highest BCUT2D eigenvalue weighted by atomic mass is 16.4. The predicted octanol–water partition coefficient (Wildman–Crippen LogP) is 1.87. The number of nitrogens with zero attached hydrogens (tertiary/aromatic N) is 2. The molecule has 0 fully saturated rings. The van der Waals surface area contributed by atoms with E-state index in [9.17, 15) is 4.79 Å². The van der Waals surface area contributed by atoms with Crippen LogP contribution in [0.3, 0.4) is 0 Å². The second kappa shape index (κ2) is 5.30. The van der Waals surface area contributed by atoms with Crippen molar-refractivity contribution in [2.75, 3.05) is 11.9 Å². The Morgan fingerprint density at radius 1 is 1.71 bits per heavy atom. The molecule has 0 aliphatic carbocycles. The lowest BCUT2D eigenvalue weighted by molar-refractivity contribution is -0.147. The standard InChI is InChI=1S/C12H15N3O2/c1-3-12(2,11(16)17)8-15-10-7-14-5-4-9(10)6-13/h4-5,7,15H,3,8H2,1-2H3,(H,16,17). The van der Waals surface area contributed by atoms with Gasteiger partial charge < -0.3 is 10.4 Å². The Morgan fingerprint density at radius 2 is 2.41 bits per heavy atom. The molecule has 0 spiro atoms. The van der Waals surface area contributed by atoms with Gasteiger partial charge in [-0.3, -0.25) is 9.78 Å². The fourth-order valence-electron chi connectivity index (χ4n) is 1.27. The van der Waals surface area contributed by atoms with Gasteiger partial charge in [-0.25, -0.2) is 0 Å². The normalized spacial score (nSPS) is 13.5. The molecular weight excluding hydrogens is 218 g/mol. The molecule has 0 amide bonds. The number of hydrogen-bond acceptors (Lipinski definition) is 4. The fraction of sp³-hybridized carbons (Fsp3) is 0.417. The number of nitriles is 1. The lowest BCUT2D eigenvalue weighted by atomic mass is 9.87. The van der Waals surface area contributed by atoms with Gasteiger partial charge >= 0.3 is 5.97 Å². The highest BCUT2D eigenvalue weighted by Crippen LogP contribution is 2.23. The van der Waals surface area contributed by atoms with Crippen LogP contribution >= 0.6 is 0 Å². The van der Waals surface area contributed by atoms with Crippen molar-refractivity contribution in [3.63, 3.8) is 0 Å². The minimum atomic E-state index is -0.852. The zero-order chi connectivity index (χ0) is 12.9. The molecule has 0 aromatic carbocycles. The van der Waals surface area contributed by atoms with E-state index in [1.807, 2.05) is 13.0 Å². The SMILES string of the molecule is CCC(C)(CNc1cnccc1C#N)C(=O)O. The van der Waals surface area contributed by atoms with Crippen LogP contribution in [0, 0.1) is 16.7 Å². The van der Waals surface area contributed by atoms with Crippen molar-refractivity contribution in [3.05, 3.63) is 24.0 Å². The molecule has 2 N–H and O–H groups in total. The van der Waals surface area contributed by atoms with Gasteiger partial charge in [-0.05, 0) is 19.4 Å². The van der Waals surface area contributed by atoms with Gasteiger partial charge in [0.25, 0.3) is 0 Å². The number of pyridine rings is 1. The number of anilines is 1. The summed E-state index contributed by atoms with van der Waals surface area (Å²) in [6, 6.07) is 3.62. The van der Waals surface area contributed by atoms with E-state index < -0.39 is 11.4 Å². The summed E-state index contributed by atoms with van der Waals surface area (Å²) in [5, 5.41) is 21.0. The maximum absolute atomic E-state index is 11.1. The molecule has 17 heavy (non-hydrogen) atoms.